The van der Waals surface area contributed by atoms with Crippen LogP contribution in [0.4, 0.5) is 0 Å². The molecule has 24 heavy (non-hydrogen) atoms. The Morgan fingerprint density at radius 2 is 2.12 bits per heavy atom. The van der Waals surface area contributed by atoms with Gasteiger partial charge in [-0.15, -0.1) is 0 Å². The van der Waals surface area contributed by atoms with Crippen molar-refractivity contribution in [2.45, 2.75) is 24.8 Å². The van der Waals surface area contributed by atoms with Crippen molar-refractivity contribution in [3.63, 3.8) is 0 Å². The van der Waals surface area contributed by atoms with Crippen LogP contribution in [-0.4, -0.2) is 33.2 Å². The van der Waals surface area contributed by atoms with Crippen molar-refractivity contribution in [2.75, 3.05) is 7.11 Å². The minimum absolute atomic E-state index is 0.120. The first-order valence-electron chi connectivity index (χ1n) is 7.03. The SMILES string of the molecule is COC(=O)c1cc(C)nc2nc(SCc3cc(C)on3)[nH]c(=O)c12. The lowest BCUT2D eigenvalue weighted by Gasteiger charge is -2.06. The Morgan fingerprint density at radius 1 is 1.33 bits per heavy atom. The summed E-state index contributed by atoms with van der Waals surface area (Å²) in [6.45, 7) is 3.53. The van der Waals surface area contributed by atoms with Gasteiger partial charge in [-0.1, -0.05) is 16.9 Å². The van der Waals surface area contributed by atoms with E-state index in [-0.39, 0.29) is 16.6 Å². The third-order valence-electron chi connectivity index (χ3n) is 3.22. The largest absolute Gasteiger partial charge is 0.465 e. The molecule has 0 saturated heterocycles. The lowest BCUT2D eigenvalue weighted by atomic mass is 10.1. The van der Waals surface area contributed by atoms with Crippen LogP contribution in [0.1, 0.15) is 27.5 Å². The van der Waals surface area contributed by atoms with E-state index in [4.69, 9.17) is 9.26 Å². The molecule has 0 unspecified atom stereocenters. The summed E-state index contributed by atoms with van der Waals surface area (Å²) in [6.07, 6.45) is 0. The molecular formula is C15H14N4O4S. The number of aromatic nitrogens is 4. The minimum Gasteiger partial charge on any atom is -0.465 e. The van der Waals surface area contributed by atoms with E-state index in [9.17, 15) is 9.59 Å². The van der Waals surface area contributed by atoms with Crippen LogP contribution in [-0.2, 0) is 10.5 Å². The van der Waals surface area contributed by atoms with E-state index in [0.717, 1.165) is 5.69 Å². The molecule has 0 aliphatic rings. The highest BCUT2D eigenvalue weighted by atomic mass is 32.2. The number of nitrogens with zero attached hydrogens (tertiary/aromatic N) is 3. The molecule has 9 heteroatoms. The molecule has 0 bridgehead atoms. The van der Waals surface area contributed by atoms with E-state index in [2.05, 4.69) is 20.1 Å². The van der Waals surface area contributed by atoms with Crippen molar-refractivity contribution in [2.24, 2.45) is 0 Å². The summed E-state index contributed by atoms with van der Waals surface area (Å²) in [4.78, 5) is 35.5. The molecule has 0 aliphatic heterocycles. The first-order valence-corrected chi connectivity index (χ1v) is 8.01. The number of carbonyl (C=O) groups is 1. The molecule has 124 valence electrons. The summed E-state index contributed by atoms with van der Waals surface area (Å²) in [6, 6.07) is 3.32. The zero-order valence-corrected chi connectivity index (χ0v) is 14.1. The molecule has 3 heterocycles. The normalized spacial score (nSPS) is 11.0. The van der Waals surface area contributed by atoms with Crippen molar-refractivity contribution in [3.8, 4) is 0 Å². The van der Waals surface area contributed by atoms with Crippen LogP contribution in [0.5, 0.6) is 0 Å². The third-order valence-corrected chi connectivity index (χ3v) is 4.13. The van der Waals surface area contributed by atoms with Crippen LogP contribution < -0.4 is 5.56 Å². The number of methoxy groups -OCH3 is 1. The molecule has 0 fully saturated rings. The van der Waals surface area contributed by atoms with Gasteiger partial charge in [-0.2, -0.15) is 0 Å². The van der Waals surface area contributed by atoms with E-state index in [1.54, 1.807) is 13.8 Å². The van der Waals surface area contributed by atoms with Gasteiger partial charge in [0.05, 0.1) is 23.8 Å². The number of H-pyrrole nitrogens is 1. The highest BCUT2D eigenvalue weighted by Crippen LogP contribution is 2.21. The first kappa shape index (κ1) is 16.2. The summed E-state index contributed by atoms with van der Waals surface area (Å²) in [5, 5.41) is 4.40. The number of aryl methyl sites for hydroxylation is 2. The average Bonchev–Trinajstić information content (AvgIpc) is 2.96. The van der Waals surface area contributed by atoms with Gasteiger partial charge >= 0.3 is 5.97 Å². The Bertz CT molecular complexity index is 979. The van der Waals surface area contributed by atoms with Gasteiger partial charge in [0.15, 0.2) is 10.8 Å². The van der Waals surface area contributed by atoms with Crippen molar-refractivity contribution >= 4 is 28.8 Å². The maximum Gasteiger partial charge on any atom is 0.338 e. The van der Waals surface area contributed by atoms with E-state index < -0.39 is 11.5 Å². The fourth-order valence-corrected chi connectivity index (χ4v) is 2.95. The maximum atomic E-state index is 12.4. The van der Waals surface area contributed by atoms with Crippen LogP contribution in [0.25, 0.3) is 11.0 Å². The predicted octanol–water partition coefficient (Wildman–Crippen LogP) is 2.00. The van der Waals surface area contributed by atoms with Gasteiger partial charge in [0, 0.05) is 17.5 Å². The van der Waals surface area contributed by atoms with Gasteiger partial charge in [0.1, 0.15) is 5.76 Å². The van der Waals surface area contributed by atoms with Gasteiger partial charge in [-0.25, -0.2) is 14.8 Å². The number of nitrogens with one attached hydrogen (secondary N) is 1. The van der Waals surface area contributed by atoms with Crippen LogP contribution in [0.15, 0.2) is 26.6 Å². The molecule has 0 aliphatic carbocycles. The maximum absolute atomic E-state index is 12.4. The van der Waals surface area contributed by atoms with E-state index in [1.165, 1.54) is 24.9 Å². The molecule has 0 amide bonds. The zero-order valence-electron chi connectivity index (χ0n) is 13.2. The Labute approximate surface area is 140 Å². The number of aromatic amines is 1. The van der Waals surface area contributed by atoms with Gasteiger partial charge in [0.25, 0.3) is 5.56 Å². The molecule has 3 rings (SSSR count). The van der Waals surface area contributed by atoms with Crippen molar-refractivity contribution in [3.05, 3.63) is 45.2 Å². The number of rotatable bonds is 4. The summed E-state index contributed by atoms with van der Waals surface area (Å²) in [5.41, 5.74) is 1.24. The lowest BCUT2D eigenvalue weighted by molar-refractivity contribution is 0.0602. The number of carbonyl (C=O) groups excluding carboxylic acids is 1. The molecule has 8 nitrogen and oxygen atoms in total. The molecule has 1 N–H and O–H groups in total. The number of pyridine rings is 1. The highest BCUT2D eigenvalue weighted by molar-refractivity contribution is 7.98. The monoisotopic (exact) mass is 346 g/mol. The fourth-order valence-electron chi connectivity index (χ4n) is 2.21. The number of thioether (sulfide) groups is 1. The van der Waals surface area contributed by atoms with Crippen LogP contribution in [0.2, 0.25) is 0 Å². The van der Waals surface area contributed by atoms with Gasteiger partial charge < -0.3 is 14.2 Å². The highest BCUT2D eigenvalue weighted by Gasteiger charge is 2.17. The molecule has 0 aromatic carbocycles. The smallest absolute Gasteiger partial charge is 0.338 e. The molecule has 3 aromatic rings. The van der Waals surface area contributed by atoms with Gasteiger partial charge in [-0.05, 0) is 19.9 Å². The predicted molar refractivity (Wildman–Crippen MR) is 87.0 cm³/mol. The number of fused-ring (bicyclic) bond motifs is 1. The summed E-state index contributed by atoms with van der Waals surface area (Å²) >= 11 is 1.30. The fraction of sp³-hybridized carbons (Fsp3) is 0.267. The van der Waals surface area contributed by atoms with Crippen LogP contribution in [0, 0.1) is 13.8 Å². The Hall–Kier alpha value is -2.68. The number of esters is 1. The number of hydrogen-bond donors (Lipinski definition) is 1. The molecular weight excluding hydrogens is 332 g/mol. The van der Waals surface area contributed by atoms with Gasteiger partial charge in [0.2, 0.25) is 0 Å². The summed E-state index contributed by atoms with van der Waals surface area (Å²) in [5.74, 6) is 0.600. The second-order valence-electron chi connectivity index (χ2n) is 5.09. The number of ether oxygens (including phenoxy) is 1. The van der Waals surface area contributed by atoms with Crippen LogP contribution >= 0.6 is 11.8 Å². The van der Waals surface area contributed by atoms with Gasteiger partial charge in [-0.3, -0.25) is 4.79 Å². The van der Waals surface area contributed by atoms with E-state index in [0.29, 0.717) is 22.4 Å². The lowest BCUT2D eigenvalue weighted by Crippen LogP contribution is -2.16. The zero-order chi connectivity index (χ0) is 17.3. The standard InChI is InChI=1S/C15H14N4O4S/c1-7-4-10(14(21)22-3)11-12(16-7)17-15(18-13(11)20)24-6-9-5-8(2)23-19-9/h4-5H,6H2,1-3H3,(H,16,17,18,20). The molecule has 0 spiro atoms. The first-order chi connectivity index (χ1) is 11.5. The molecule has 3 aromatic heterocycles. The Balaban J connectivity index is 2.00. The average molecular weight is 346 g/mol. The molecule has 0 saturated carbocycles. The van der Waals surface area contributed by atoms with E-state index in [1.807, 2.05) is 6.07 Å². The quantitative estimate of drug-likeness (QED) is 0.434. The molecule has 0 atom stereocenters. The van der Waals surface area contributed by atoms with E-state index >= 15 is 0 Å². The Morgan fingerprint density at radius 3 is 2.79 bits per heavy atom. The summed E-state index contributed by atoms with van der Waals surface area (Å²) in [7, 11) is 1.26. The van der Waals surface area contributed by atoms with Crippen molar-refractivity contribution in [1.82, 2.24) is 20.1 Å². The van der Waals surface area contributed by atoms with Crippen molar-refractivity contribution < 1.29 is 14.1 Å². The van der Waals surface area contributed by atoms with Crippen molar-refractivity contribution in [1.29, 1.82) is 0 Å². The van der Waals surface area contributed by atoms with Crippen LogP contribution in [0.3, 0.4) is 0 Å². The Kier molecular flexibility index (Phi) is 4.34. The topological polar surface area (TPSA) is 111 Å². The number of hydrogen-bond acceptors (Lipinski definition) is 8. The second-order valence-corrected chi connectivity index (χ2v) is 6.05. The molecule has 0 radical (unpaired) electrons. The second kappa shape index (κ2) is 6.44. The summed E-state index contributed by atoms with van der Waals surface area (Å²) < 4.78 is 9.72. The third kappa shape index (κ3) is 3.16. The minimum atomic E-state index is -0.601.